The van der Waals surface area contributed by atoms with Crippen LogP contribution in [-0.4, -0.2) is 29.7 Å². The maximum absolute atomic E-state index is 10.8. The van der Waals surface area contributed by atoms with Crippen molar-refractivity contribution < 1.29 is 14.3 Å². The number of hydrazine groups is 1. The molecule has 0 saturated carbocycles. The van der Waals surface area contributed by atoms with Crippen molar-refractivity contribution in [2.45, 2.75) is 6.92 Å². The number of carboxylic acid groups (broad SMARTS) is 1. The van der Waals surface area contributed by atoms with E-state index in [0.29, 0.717) is 22.9 Å². The van der Waals surface area contributed by atoms with Crippen molar-refractivity contribution in [3.8, 4) is 0 Å². The number of rotatable bonds is 2. The summed E-state index contributed by atoms with van der Waals surface area (Å²) >= 11 is 6.05. The fraction of sp³-hybridized carbons (Fsp3) is 0.300. The molecule has 5 nitrogen and oxygen atoms in total. The van der Waals surface area contributed by atoms with Crippen LogP contribution < -0.4 is 5.43 Å². The van der Waals surface area contributed by atoms with Crippen LogP contribution in [0.4, 0.5) is 0 Å². The Labute approximate surface area is 97.3 Å². The molecule has 0 atom stereocenters. The lowest BCUT2D eigenvalue weighted by atomic mass is 10.1. The van der Waals surface area contributed by atoms with Crippen molar-refractivity contribution in [1.29, 1.82) is 0 Å². The van der Waals surface area contributed by atoms with E-state index >= 15 is 0 Å². The van der Waals surface area contributed by atoms with Gasteiger partial charge in [-0.15, -0.1) is 0 Å². The Morgan fingerprint density at radius 2 is 2.38 bits per heavy atom. The highest BCUT2D eigenvalue weighted by molar-refractivity contribution is 6.33. The van der Waals surface area contributed by atoms with E-state index < -0.39 is 5.97 Å². The first-order valence-corrected chi connectivity index (χ1v) is 5.08. The molecule has 0 amide bonds. The Bertz CT molecular complexity index is 478. The van der Waals surface area contributed by atoms with Gasteiger partial charge in [-0.1, -0.05) is 11.6 Å². The first-order valence-electron chi connectivity index (χ1n) is 4.70. The lowest BCUT2D eigenvalue weighted by Gasteiger charge is -2.15. The zero-order chi connectivity index (χ0) is 11.9. The quantitative estimate of drug-likeness (QED) is 0.826. The van der Waals surface area contributed by atoms with Crippen molar-refractivity contribution in [1.82, 2.24) is 10.4 Å². The van der Waals surface area contributed by atoms with E-state index in [0.717, 1.165) is 5.70 Å². The third-order valence-electron chi connectivity index (χ3n) is 2.45. The van der Waals surface area contributed by atoms with Crippen LogP contribution in [0, 0.1) is 6.92 Å². The van der Waals surface area contributed by atoms with E-state index in [2.05, 4.69) is 5.43 Å². The Kier molecular flexibility index (Phi) is 2.65. The summed E-state index contributed by atoms with van der Waals surface area (Å²) in [5, 5.41) is 11.2. The first kappa shape index (κ1) is 11.0. The lowest BCUT2D eigenvalue weighted by molar-refractivity contribution is 0.0661. The number of nitrogens with one attached hydrogen (secondary N) is 1. The number of nitrogens with zero attached hydrogens (tertiary/aromatic N) is 1. The molecule has 1 aliphatic rings. The van der Waals surface area contributed by atoms with Crippen LogP contribution >= 0.6 is 11.6 Å². The van der Waals surface area contributed by atoms with Crippen molar-refractivity contribution in [2.75, 3.05) is 13.6 Å². The number of aryl methyl sites for hydroxylation is 1. The maximum atomic E-state index is 10.8. The molecule has 2 N–H and O–H groups in total. The third-order valence-corrected chi connectivity index (χ3v) is 2.76. The van der Waals surface area contributed by atoms with Crippen LogP contribution in [0.1, 0.15) is 21.9 Å². The largest absolute Gasteiger partial charge is 0.475 e. The summed E-state index contributed by atoms with van der Waals surface area (Å²) < 4.78 is 5.14. The average Bonchev–Trinajstić information content (AvgIpc) is 2.71. The van der Waals surface area contributed by atoms with Crippen LogP contribution in [0.2, 0.25) is 0 Å². The smallest absolute Gasteiger partial charge is 0.371 e. The fourth-order valence-corrected chi connectivity index (χ4v) is 1.97. The normalized spacial score (nSPS) is 16.1. The first-order chi connectivity index (χ1) is 7.50. The van der Waals surface area contributed by atoms with Gasteiger partial charge in [-0.25, -0.2) is 10.2 Å². The standard InChI is InChI=1S/C10H11ClN2O3/c1-5-6(3-8(16-5)10(14)15)9-7(11)4-12-13(9)2/h3,12H,4H2,1-2H3,(H,14,15). The Morgan fingerprint density at radius 3 is 2.81 bits per heavy atom. The summed E-state index contributed by atoms with van der Waals surface area (Å²) in [4.78, 5) is 10.8. The summed E-state index contributed by atoms with van der Waals surface area (Å²) in [5.74, 6) is -0.620. The van der Waals surface area contributed by atoms with Gasteiger partial charge in [-0.3, -0.25) is 0 Å². The zero-order valence-corrected chi connectivity index (χ0v) is 9.63. The highest BCUT2D eigenvalue weighted by Crippen LogP contribution is 2.31. The maximum Gasteiger partial charge on any atom is 0.371 e. The molecule has 0 spiro atoms. The molecule has 86 valence electrons. The molecule has 0 bridgehead atoms. The Balaban J connectivity index is 2.48. The molecular formula is C10H11ClN2O3. The van der Waals surface area contributed by atoms with Gasteiger partial charge in [0.2, 0.25) is 5.76 Å². The van der Waals surface area contributed by atoms with Gasteiger partial charge in [0.05, 0.1) is 17.3 Å². The van der Waals surface area contributed by atoms with Gasteiger partial charge in [-0.2, -0.15) is 0 Å². The molecule has 0 aliphatic carbocycles. The van der Waals surface area contributed by atoms with Crippen molar-refractivity contribution in [3.05, 3.63) is 28.2 Å². The van der Waals surface area contributed by atoms with Crippen molar-refractivity contribution in [3.63, 3.8) is 0 Å². The van der Waals surface area contributed by atoms with Gasteiger partial charge in [-0.05, 0) is 6.92 Å². The summed E-state index contributed by atoms with van der Waals surface area (Å²) in [6.07, 6.45) is 0. The number of carbonyl (C=O) groups is 1. The minimum atomic E-state index is -1.08. The van der Waals surface area contributed by atoms with Gasteiger partial charge in [0.25, 0.3) is 0 Å². The van der Waals surface area contributed by atoms with Gasteiger partial charge in [0.1, 0.15) is 5.76 Å². The van der Waals surface area contributed by atoms with Crippen molar-refractivity contribution in [2.24, 2.45) is 0 Å². The predicted molar refractivity (Wildman–Crippen MR) is 58.9 cm³/mol. The Morgan fingerprint density at radius 1 is 1.69 bits per heavy atom. The molecule has 0 saturated heterocycles. The van der Waals surface area contributed by atoms with E-state index in [1.807, 2.05) is 7.05 Å². The monoisotopic (exact) mass is 242 g/mol. The molecule has 0 unspecified atom stereocenters. The lowest BCUT2D eigenvalue weighted by Crippen LogP contribution is -2.26. The van der Waals surface area contributed by atoms with Gasteiger partial charge >= 0.3 is 5.97 Å². The summed E-state index contributed by atoms with van der Waals surface area (Å²) in [5.41, 5.74) is 4.48. The van der Waals surface area contributed by atoms with Crippen LogP contribution in [-0.2, 0) is 0 Å². The number of hydrogen-bond acceptors (Lipinski definition) is 4. The molecule has 0 aromatic carbocycles. The van der Waals surface area contributed by atoms with Crippen molar-refractivity contribution >= 4 is 23.3 Å². The molecule has 0 fully saturated rings. The van der Waals surface area contributed by atoms with E-state index in [1.54, 1.807) is 11.9 Å². The highest BCUT2D eigenvalue weighted by atomic mass is 35.5. The molecule has 1 aliphatic heterocycles. The molecule has 1 aromatic heterocycles. The van der Waals surface area contributed by atoms with E-state index in [1.165, 1.54) is 6.07 Å². The molecule has 0 radical (unpaired) electrons. The van der Waals surface area contributed by atoms with E-state index in [9.17, 15) is 4.79 Å². The summed E-state index contributed by atoms with van der Waals surface area (Å²) in [7, 11) is 1.82. The fourth-order valence-electron chi connectivity index (χ4n) is 1.68. The molecule has 2 rings (SSSR count). The number of furan rings is 1. The number of halogens is 1. The molecule has 16 heavy (non-hydrogen) atoms. The van der Waals surface area contributed by atoms with Crippen LogP contribution in [0.3, 0.4) is 0 Å². The number of aromatic carboxylic acids is 1. The minimum Gasteiger partial charge on any atom is -0.475 e. The number of carboxylic acids is 1. The molecule has 2 heterocycles. The number of hydrogen-bond donors (Lipinski definition) is 2. The molecule has 6 heteroatoms. The van der Waals surface area contributed by atoms with Gasteiger partial charge in [0, 0.05) is 18.7 Å². The van der Waals surface area contributed by atoms with Crippen LogP contribution in [0.25, 0.3) is 5.70 Å². The topological polar surface area (TPSA) is 65.7 Å². The highest BCUT2D eigenvalue weighted by Gasteiger charge is 2.24. The predicted octanol–water partition coefficient (Wildman–Crippen LogP) is 1.64. The SMILES string of the molecule is Cc1oc(C(=O)O)cc1C1=C(Cl)CNN1C. The Hall–Kier alpha value is -1.46. The summed E-state index contributed by atoms with van der Waals surface area (Å²) in [6, 6.07) is 1.48. The second-order valence-corrected chi connectivity index (χ2v) is 3.99. The second kappa shape index (κ2) is 3.84. The van der Waals surface area contributed by atoms with E-state index in [4.69, 9.17) is 21.1 Å². The van der Waals surface area contributed by atoms with Crippen LogP contribution in [0.15, 0.2) is 15.5 Å². The zero-order valence-electron chi connectivity index (χ0n) is 8.87. The van der Waals surface area contributed by atoms with Crippen LogP contribution in [0.5, 0.6) is 0 Å². The second-order valence-electron chi connectivity index (χ2n) is 3.53. The van der Waals surface area contributed by atoms with E-state index in [-0.39, 0.29) is 5.76 Å². The summed E-state index contributed by atoms with van der Waals surface area (Å²) in [6.45, 7) is 2.26. The average molecular weight is 243 g/mol. The molecule has 1 aromatic rings. The molecular weight excluding hydrogens is 232 g/mol. The third kappa shape index (κ3) is 1.68. The minimum absolute atomic E-state index is 0.0789. The van der Waals surface area contributed by atoms with Gasteiger partial charge in [0.15, 0.2) is 0 Å². The van der Waals surface area contributed by atoms with Gasteiger partial charge < -0.3 is 14.5 Å².